The van der Waals surface area contributed by atoms with E-state index >= 15 is 0 Å². The van der Waals surface area contributed by atoms with Gasteiger partial charge in [-0.2, -0.15) is 0 Å². The number of hydrogen-bond donors (Lipinski definition) is 2. The summed E-state index contributed by atoms with van der Waals surface area (Å²) in [6, 6.07) is 10.0. The SMILES string of the molecule is Cc1ccc(S(=O)(=O)C[C@@H](C)NC[C@@](C)(O)c2ccc(C)o2)cc1. The van der Waals surface area contributed by atoms with E-state index in [4.69, 9.17) is 4.42 Å². The number of aliphatic hydroxyl groups is 1. The minimum absolute atomic E-state index is 0.0384. The van der Waals surface area contributed by atoms with Crippen LogP contribution in [-0.4, -0.2) is 31.9 Å². The average molecular weight is 351 g/mol. The van der Waals surface area contributed by atoms with Gasteiger partial charge in [-0.1, -0.05) is 17.7 Å². The van der Waals surface area contributed by atoms with Crippen LogP contribution in [0.15, 0.2) is 45.7 Å². The molecule has 0 radical (unpaired) electrons. The van der Waals surface area contributed by atoms with Gasteiger partial charge in [0, 0.05) is 12.6 Å². The summed E-state index contributed by atoms with van der Waals surface area (Å²) >= 11 is 0. The molecule has 1 aromatic carbocycles. The van der Waals surface area contributed by atoms with Crippen LogP contribution in [0.1, 0.15) is 30.9 Å². The Morgan fingerprint density at radius 2 is 1.79 bits per heavy atom. The number of rotatable bonds is 7. The van der Waals surface area contributed by atoms with E-state index in [1.807, 2.05) is 13.8 Å². The second-order valence-corrected chi connectivity index (χ2v) is 8.59. The molecule has 6 heteroatoms. The van der Waals surface area contributed by atoms with Crippen LogP contribution in [0.5, 0.6) is 0 Å². The standard InChI is InChI=1S/C18H25NO4S/c1-13-5-8-16(9-6-13)24(21,22)11-14(2)19-12-18(4,20)17-10-7-15(3)23-17/h5-10,14,19-20H,11-12H2,1-4H3/t14-,18-/m1/s1. The molecule has 2 aromatic rings. The lowest BCUT2D eigenvalue weighted by Gasteiger charge is -2.24. The fourth-order valence-corrected chi connectivity index (χ4v) is 3.93. The quantitative estimate of drug-likeness (QED) is 0.801. The molecule has 0 saturated carbocycles. The summed E-state index contributed by atoms with van der Waals surface area (Å²) < 4.78 is 30.3. The van der Waals surface area contributed by atoms with E-state index in [-0.39, 0.29) is 18.3 Å². The zero-order chi connectivity index (χ0) is 18.0. The van der Waals surface area contributed by atoms with Crippen molar-refractivity contribution in [3.05, 3.63) is 53.5 Å². The molecule has 132 valence electrons. The van der Waals surface area contributed by atoms with E-state index in [2.05, 4.69) is 5.32 Å². The van der Waals surface area contributed by atoms with Gasteiger partial charge in [0.2, 0.25) is 0 Å². The van der Waals surface area contributed by atoms with Crippen molar-refractivity contribution in [1.82, 2.24) is 5.32 Å². The summed E-state index contributed by atoms with van der Waals surface area (Å²) in [6.45, 7) is 7.35. The monoisotopic (exact) mass is 351 g/mol. The number of sulfone groups is 1. The largest absolute Gasteiger partial charge is 0.463 e. The molecular formula is C18H25NO4S. The normalized spacial score (nSPS) is 15.9. The van der Waals surface area contributed by atoms with Crippen molar-refractivity contribution >= 4 is 9.84 Å². The van der Waals surface area contributed by atoms with Gasteiger partial charge in [0.05, 0.1) is 10.6 Å². The molecule has 2 rings (SSSR count). The zero-order valence-corrected chi connectivity index (χ0v) is 15.4. The molecule has 0 spiro atoms. The van der Waals surface area contributed by atoms with Gasteiger partial charge < -0.3 is 14.8 Å². The number of aryl methyl sites for hydroxylation is 2. The van der Waals surface area contributed by atoms with Crippen LogP contribution in [0, 0.1) is 13.8 Å². The van der Waals surface area contributed by atoms with Crippen LogP contribution in [0.2, 0.25) is 0 Å². The summed E-state index contributed by atoms with van der Waals surface area (Å²) in [6.07, 6.45) is 0. The highest BCUT2D eigenvalue weighted by molar-refractivity contribution is 7.91. The first-order valence-electron chi connectivity index (χ1n) is 7.92. The van der Waals surface area contributed by atoms with Gasteiger partial charge in [0.1, 0.15) is 17.1 Å². The fraction of sp³-hybridized carbons (Fsp3) is 0.444. The van der Waals surface area contributed by atoms with Gasteiger partial charge in [0.15, 0.2) is 9.84 Å². The predicted octanol–water partition coefficient (Wildman–Crippen LogP) is 2.56. The summed E-state index contributed by atoms with van der Waals surface area (Å²) in [5.41, 5.74) is -0.180. The van der Waals surface area contributed by atoms with Crippen LogP contribution in [-0.2, 0) is 15.4 Å². The van der Waals surface area contributed by atoms with Crippen molar-refractivity contribution in [3.8, 4) is 0 Å². The number of furan rings is 1. The minimum atomic E-state index is -3.37. The highest BCUT2D eigenvalue weighted by atomic mass is 32.2. The summed E-state index contributed by atoms with van der Waals surface area (Å²) in [7, 11) is -3.37. The highest BCUT2D eigenvalue weighted by Gasteiger charge is 2.28. The number of nitrogens with one attached hydrogen (secondary N) is 1. The van der Waals surface area contributed by atoms with Crippen molar-refractivity contribution in [1.29, 1.82) is 0 Å². The van der Waals surface area contributed by atoms with Crippen molar-refractivity contribution in [2.45, 2.75) is 44.2 Å². The summed E-state index contributed by atoms with van der Waals surface area (Å²) in [5, 5.41) is 13.6. The second-order valence-electron chi connectivity index (χ2n) is 6.56. The smallest absolute Gasteiger partial charge is 0.179 e. The third-order valence-electron chi connectivity index (χ3n) is 3.92. The van der Waals surface area contributed by atoms with Gasteiger partial charge in [-0.3, -0.25) is 0 Å². The first-order valence-corrected chi connectivity index (χ1v) is 9.57. The maximum Gasteiger partial charge on any atom is 0.179 e. The van der Waals surface area contributed by atoms with Gasteiger partial charge in [-0.25, -0.2) is 8.42 Å². The van der Waals surface area contributed by atoms with E-state index in [1.54, 1.807) is 50.2 Å². The van der Waals surface area contributed by atoms with E-state index in [1.165, 1.54) is 0 Å². The second kappa shape index (κ2) is 7.09. The Bertz CT molecular complexity index is 776. The lowest BCUT2D eigenvalue weighted by Crippen LogP contribution is -2.42. The van der Waals surface area contributed by atoms with E-state index in [9.17, 15) is 13.5 Å². The Balaban J connectivity index is 1.97. The molecule has 0 saturated heterocycles. The maximum absolute atomic E-state index is 12.4. The van der Waals surface area contributed by atoms with Gasteiger partial charge in [0.25, 0.3) is 0 Å². The third-order valence-corrected chi connectivity index (χ3v) is 5.84. The van der Waals surface area contributed by atoms with Crippen LogP contribution in [0.4, 0.5) is 0 Å². The van der Waals surface area contributed by atoms with Crippen molar-refractivity contribution in [2.24, 2.45) is 0 Å². The summed E-state index contributed by atoms with van der Waals surface area (Å²) in [5.74, 6) is 1.14. The van der Waals surface area contributed by atoms with E-state index in [0.717, 1.165) is 11.3 Å². The molecule has 2 atom stereocenters. The maximum atomic E-state index is 12.4. The van der Waals surface area contributed by atoms with Crippen molar-refractivity contribution < 1.29 is 17.9 Å². The molecule has 0 bridgehead atoms. The molecule has 0 aliphatic carbocycles. The molecular weight excluding hydrogens is 326 g/mol. The molecule has 0 unspecified atom stereocenters. The number of benzene rings is 1. The van der Waals surface area contributed by atoms with Crippen LogP contribution in [0.25, 0.3) is 0 Å². The molecule has 2 N–H and O–H groups in total. The topological polar surface area (TPSA) is 79.5 Å². The fourth-order valence-electron chi connectivity index (χ4n) is 2.41. The van der Waals surface area contributed by atoms with E-state index < -0.39 is 15.4 Å². The highest BCUT2D eigenvalue weighted by Crippen LogP contribution is 2.22. The third kappa shape index (κ3) is 4.69. The van der Waals surface area contributed by atoms with Crippen LogP contribution in [0.3, 0.4) is 0 Å². The lowest BCUT2D eigenvalue weighted by atomic mass is 10.0. The van der Waals surface area contributed by atoms with Gasteiger partial charge >= 0.3 is 0 Å². The molecule has 24 heavy (non-hydrogen) atoms. The van der Waals surface area contributed by atoms with Crippen LogP contribution < -0.4 is 5.32 Å². The van der Waals surface area contributed by atoms with Crippen LogP contribution >= 0.6 is 0 Å². The van der Waals surface area contributed by atoms with Gasteiger partial charge in [-0.15, -0.1) is 0 Å². The van der Waals surface area contributed by atoms with Gasteiger partial charge in [-0.05, 0) is 52.0 Å². The summed E-state index contributed by atoms with van der Waals surface area (Å²) in [4.78, 5) is 0.315. The Morgan fingerprint density at radius 1 is 1.17 bits per heavy atom. The Kier molecular flexibility index (Phi) is 5.52. The first kappa shape index (κ1) is 18.7. The average Bonchev–Trinajstić information content (AvgIpc) is 2.93. The molecule has 0 aliphatic rings. The zero-order valence-electron chi connectivity index (χ0n) is 14.5. The molecule has 1 aromatic heterocycles. The van der Waals surface area contributed by atoms with Crippen molar-refractivity contribution in [2.75, 3.05) is 12.3 Å². The first-order chi connectivity index (χ1) is 11.1. The molecule has 0 amide bonds. The molecule has 5 nitrogen and oxygen atoms in total. The Morgan fingerprint density at radius 3 is 2.33 bits per heavy atom. The van der Waals surface area contributed by atoms with Crippen molar-refractivity contribution in [3.63, 3.8) is 0 Å². The van der Waals surface area contributed by atoms with E-state index in [0.29, 0.717) is 10.7 Å². The Hall–Kier alpha value is -1.63. The minimum Gasteiger partial charge on any atom is -0.463 e. The molecule has 0 aliphatic heterocycles. The Labute approximate surface area is 143 Å². The predicted molar refractivity (Wildman–Crippen MR) is 93.7 cm³/mol. The molecule has 0 fully saturated rings. The number of hydrogen-bond acceptors (Lipinski definition) is 5. The molecule has 1 heterocycles. The lowest BCUT2D eigenvalue weighted by molar-refractivity contribution is 0.0319.